The average Bonchev–Trinajstić information content (AvgIpc) is 3.25. The van der Waals surface area contributed by atoms with Gasteiger partial charge in [0.15, 0.2) is 5.82 Å². The molecule has 1 aromatic carbocycles. The predicted molar refractivity (Wildman–Crippen MR) is 72.7 cm³/mol. The molecule has 0 spiro atoms. The molecule has 4 rings (SSSR count). The van der Waals surface area contributed by atoms with Crippen molar-refractivity contribution in [1.29, 1.82) is 0 Å². The lowest BCUT2D eigenvalue weighted by Gasteiger charge is -2.18. The van der Waals surface area contributed by atoms with E-state index >= 15 is 0 Å². The smallest absolute Gasteiger partial charge is 0.172 e. The molecule has 2 aromatic rings. The van der Waals surface area contributed by atoms with E-state index in [2.05, 4.69) is 10.4 Å². The molecule has 96 valence electrons. The van der Waals surface area contributed by atoms with Crippen molar-refractivity contribution in [3.05, 3.63) is 47.9 Å². The second kappa shape index (κ2) is 4.01. The van der Waals surface area contributed by atoms with Gasteiger partial charge < -0.3 is 5.73 Å². The Bertz CT molecular complexity index is 608. The van der Waals surface area contributed by atoms with Gasteiger partial charge in [-0.2, -0.15) is 0 Å². The van der Waals surface area contributed by atoms with Crippen LogP contribution < -0.4 is 16.2 Å². The Morgan fingerprint density at radius 2 is 2.00 bits per heavy atom. The summed E-state index contributed by atoms with van der Waals surface area (Å²) in [7, 11) is 0. The number of benzene rings is 1. The Labute approximate surface area is 111 Å². The first kappa shape index (κ1) is 10.9. The van der Waals surface area contributed by atoms with Crippen LogP contribution in [-0.2, 0) is 0 Å². The van der Waals surface area contributed by atoms with Crippen molar-refractivity contribution in [2.24, 2.45) is 5.73 Å². The van der Waals surface area contributed by atoms with Crippen LogP contribution in [0.15, 0.2) is 36.5 Å². The lowest BCUT2D eigenvalue weighted by molar-refractivity contribution is 0.598. The second-order valence-electron chi connectivity index (χ2n) is 5.06. The monoisotopic (exact) mass is 253 g/mol. The highest BCUT2D eigenvalue weighted by atomic mass is 15.6. The van der Waals surface area contributed by atoms with Crippen LogP contribution in [0.1, 0.15) is 36.3 Å². The summed E-state index contributed by atoms with van der Waals surface area (Å²) in [5.74, 6) is 1.43. The zero-order valence-electron chi connectivity index (χ0n) is 10.5. The maximum absolute atomic E-state index is 6.06. The molecule has 3 N–H and O–H groups in total. The molecule has 1 fully saturated rings. The lowest BCUT2D eigenvalue weighted by Crippen LogP contribution is -2.34. The molecule has 1 aromatic heterocycles. The SMILES string of the molecule is NC1NN(c2ccccc2)c2nc(C3CC3)cnc21. The number of hydrogen-bond acceptors (Lipinski definition) is 5. The van der Waals surface area contributed by atoms with Gasteiger partial charge in [0.2, 0.25) is 0 Å². The van der Waals surface area contributed by atoms with Crippen molar-refractivity contribution < 1.29 is 0 Å². The number of anilines is 2. The summed E-state index contributed by atoms with van der Waals surface area (Å²) in [6, 6.07) is 10.0. The fraction of sp³-hybridized carbons (Fsp3) is 0.286. The third-order valence-electron chi connectivity index (χ3n) is 3.58. The van der Waals surface area contributed by atoms with Crippen LogP contribution in [0.5, 0.6) is 0 Å². The van der Waals surface area contributed by atoms with Gasteiger partial charge in [0, 0.05) is 12.1 Å². The van der Waals surface area contributed by atoms with E-state index in [1.54, 1.807) is 0 Å². The summed E-state index contributed by atoms with van der Waals surface area (Å²) >= 11 is 0. The van der Waals surface area contributed by atoms with E-state index in [-0.39, 0.29) is 6.17 Å². The number of aromatic nitrogens is 2. The second-order valence-corrected chi connectivity index (χ2v) is 5.06. The minimum absolute atomic E-state index is 0.295. The van der Waals surface area contributed by atoms with E-state index < -0.39 is 0 Å². The topological polar surface area (TPSA) is 67.1 Å². The normalized spacial score (nSPS) is 21.5. The third-order valence-corrected chi connectivity index (χ3v) is 3.58. The number of nitrogens with two attached hydrogens (primary N) is 1. The molecule has 1 saturated carbocycles. The molecule has 2 aliphatic rings. The molecule has 0 amide bonds. The molecule has 2 heterocycles. The number of para-hydroxylation sites is 1. The Morgan fingerprint density at radius 1 is 1.21 bits per heavy atom. The molecular formula is C14H15N5. The number of rotatable bonds is 2. The fourth-order valence-electron chi connectivity index (χ4n) is 2.40. The van der Waals surface area contributed by atoms with Gasteiger partial charge in [-0.1, -0.05) is 18.2 Å². The molecule has 1 aliphatic carbocycles. The predicted octanol–water partition coefficient (Wildman–Crippen LogP) is 1.97. The molecule has 5 heteroatoms. The molecule has 0 saturated heterocycles. The van der Waals surface area contributed by atoms with E-state index in [0.29, 0.717) is 5.92 Å². The van der Waals surface area contributed by atoms with E-state index in [1.165, 1.54) is 12.8 Å². The van der Waals surface area contributed by atoms with Gasteiger partial charge in [0.1, 0.15) is 11.9 Å². The lowest BCUT2D eigenvalue weighted by atomic mass is 10.2. The van der Waals surface area contributed by atoms with Crippen molar-refractivity contribution in [2.45, 2.75) is 24.9 Å². The molecule has 5 nitrogen and oxygen atoms in total. The van der Waals surface area contributed by atoms with Crippen LogP contribution in [0.3, 0.4) is 0 Å². The number of nitrogens with zero attached hydrogens (tertiary/aromatic N) is 3. The van der Waals surface area contributed by atoms with Crippen molar-refractivity contribution in [3.63, 3.8) is 0 Å². The Balaban J connectivity index is 1.79. The third kappa shape index (κ3) is 1.78. The fourth-order valence-corrected chi connectivity index (χ4v) is 2.40. The van der Waals surface area contributed by atoms with E-state index in [9.17, 15) is 0 Å². The van der Waals surface area contributed by atoms with Gasteiger partial charge in [-0.15, -0.1) is 0 Å². The molecule has 1 aliphatic heterocycles. The van der Waals surface area contributed by atoms with Crippen molar-refractivity contribution >= 4 is 11.5 Å². The number of hydrazine groups is 1. The van der Waals surface area contributed by atoms with Crippen LogP contribution in [0.4, 0.5) is 11.5 Å². The van der Waals surface area contributed by atoms with Crippen LogP contribution in [0, 0.1) is 0 Å². The first-order valence-electron chi connectivity index (χ1n) is 6.57. The Kier molecular flexibility index (Phi) is 2.30. The van der Waals surface area contributed by atoms with Gasteiger partial charge in [-0.25, -0.2) is 10.4 Å². The number of nitrogens with one attached hydrogen (secondary N) is 1. The van der Waals surface area contributed by atoms with E-state index in [0.717, 1.165) is 22.9 Å². The van der Waals surface area contributed by atoms with Gasteiger partial charge in [0.25, 0.3) is 0 Å². The quantitative estimate of drug-likeness (QED) is 0.856. The van der Waals surface area contributed by atoms with Crippen molar-refractivity contribution in [1.82, 2.24) is 15.4 Å². The summed E-state index contributed by atoms with van der Waals surface area (Å²) in [6.45, 7) is 0. The number of hydrogen-bond donors (Lipinski definition) is 2. The Hall–Kier alpha value is -1.98. The minimum atomic E-state index is -0.295. The largest absolute Gasteiger partial charge is 0.309 e. The maximum atomic E-state index is 6.06. The van der Waals surface area contributed by atoms with Crippen LogP contribution in [-0.4, -0.2) is 9.97 Å². The van der Waals surface area contributed by atoms with Gasteiger partial charge in [-0.05, 0) is 25.0 Å². The summed E-state index contributed by atoms with van der Waals surface area (Å²) in [5.41, 5.74) is 12.2. The summed E-state index contributed by atoms with van der Waals surface area (Å²) < 4.78 is 0. The minimum Gasteiger partial charge on any atom is -0.309 e. The highest BCUT2D eigenvalue weighted by molar-refractivity contribution is 5.64. The first-order chi connectivity index (χ1) is 9.33. The van der Waals surface area contributed by atoms with Crippen LogP contribution >= 0.6 is 0 Å². The number of fused-ring (bicyclic) bond motifs is 1. The van der Waals surface area contributed by atoms with E-state index in [1.807, 2.05) is 41.5 Å². The van der Waals surface area contributed by atoms with Crippen LogP contribution in [0.2, 0.25) is 0 Å². The van der Waals surface area contributed by atoms with Gasteiger partial charge >= 0.3 is 0 Å². The van der Waals surface area contributed by atoms with Gasteiger partial charge in [0.05, 0.1) is 11.4 Å². The maximum Gasteiger partial charge on any atom is 0.172 e. The first-order valence-corrected chi connectivity index (χ1v) is 6.57. The van der Waals surface area contributed by atoms with E-state index in [4.69, 9.17) is 10.7 Å². The summed E-state index contributed by atoms with van der Waals surface area (Å²) in [6.07, 6.45) is 4.01. The zero-order valence-corrected chi connectivity index (χ0v) is 10.5. The van der Waals surface area contributed by atoms with Crippen LogP contribution in [0.25, 0.3) is 0 Å². The summed E-state index contributed by atoms with van der Waals surface area (Å²) in [4.78, 5) is 9.23. The molecule has 0 bridgehead atoms. The summed E-state index contributed by atoms with van der Waals surface area (Å²) in [5, 5.41) is 1.93. The average molecular weight is 253 g/mol. The highest BCUT2D eigenvalue weighted by Gasteiger charge is 2.32. The standard InChI is InChI=1S/C14H15N5/c15-13-12-14(17-11(8-16-12)9-6-7-9)19(18-13)10-4-2-1-3-5-10/h1-5,8-9,13,18H,6-7,15H2. The Morgan fingerprint density at radius 3 is 2.74 bits per heavy atom. The zero-order chi connectivity index (χ0) is 12.8. The molecule has 19 heavy (non-hydrogen) atoms. The molecule has 0 radical (unpaired) electrons. The van der Waals surface area contributed by atoms with Crippen molar-refractivity contribution in [2.75, 3.05) is 5.01 Å². The molecular weight excluding hydrogens is 238 g/mol. The van der Waals surface area contributed by atoms with Crippen molar-refractivity contribution in [3.8, 4) is 0 Å². The molecule has 1 unspecified atom stereocenters. The van der Waals surface area contributed by atoms with Gasteiger partial charge in [-0.3, -0.25) is 9.99 Å². The molecule has 1 atom stereocenters. The highest BCUT2D eigenvalue weighted by Crippen LogP contribution is 2.41.